The van der Waals surface area contributed by atoms with Gasteiger partial charge < -0.3 is 0 Å². The van der Waals surface area contributed by atoms with Crippen LogP contribution in [-0.4, -0.2) is 36.6 Å². The van der Waals surface area contributed by atoms with Crippen LogP contribution < -0.4 is 0 Å². The molecule has 2 rings (SSSR count). The molecule has 1 fully saturated rings. The van der Waals surface area contributed by atoms with Gasteiger partial charge in [0.25, 0.3) is 0 Å². The first-order chi connectivity index (χ1) is 8.55. The summed E-state index contributed by atoms with van der Waals surface area (Å²) in [5, 5.41) is 8.87. The maximum atomic E-state index is 12.3. The van der Waals surface area contributed by atoms with E-state index < -0.39 is 10.0 Å². The summed E-state index contributed by atoms with van der Waals surface area (Å²) in [5.41, 5.74) is -0.116. The smallest absolute Gasteiger partial charge is 0.245 e. The predicted octanol–water partition coefficient (Wildman–Crippen LogP) is 0.307. The molecule has 1 aromatic rings. The van der Waals surface area contributed by atoms with E-state index in [4.69, 9.17) is 5.26 Å². The summed E-state index contributed by atoms with van der Waals surface area (Å²) in [6.45, 7) is 0.335. The van der Waals surface area contributed by atoms with Crippen LogP contribution in [0.1, 0.15) is 18.5 Å². The van der Waals surface area contributed by atoms with E-state index in [0.29, 0.717) is 0 Å². The largest absolute Gasteiger partial charge is 0.300 e. The first kappa shape index (κ1) is 12.7. The van der Waals surface area contributed by atoms with E-state index in [2.05, 4.69) is 4.98 Å². The molecule has 94 valence electrons. The Balaban J connectivity index is 2.37. The molecule has 0 N–H and O–H groups in total. The van der Waals surface area contributed by atoms with Crippen molar-refractivity contribution in [3.8, 4) is 6.07 Å². The van der Waals surface area contributed by atoms with Crippen molar-refractivity contribution in [2.75, 3.05) is 13.1 Å². The number of hydrogen-bond acceptors (Lipinski definition) is 5. The lowest BCUT2D eigenvalue weighted by atomic mass is 10.1. The molecule has 0 spiro atoms. The average molecular weight is 265 g/mol. The first-order valence-corrected chi connectivity index (χ1v) is 6.86. The zero-order valence-electron chi connectivity index (χ0n) is 9.54. The van der Waals surface area contributed by atoms with Crippen LogP contribution in [0, 0.1) is 11.3 Å². The van der Waals surface area contributed by atoms with Crippen molar-refractivity contribution in [2.24, 2.45) is 0 Å². The number of Topliss-reactive ketones (excluding diaryl/α,β-unsaturated/α-hetero) is 1. The number of carbonyl (C=O) groups is 1. The van der Waals surface area contributed by atoms with Crippen molar-refractivity contribution in [1.29, 1.82) is 5.26 Å². The number of nitriles is 1. The Labute approximate surface area is 105 Å². The van der Waals surface area contributed by atoms with Crippen LogP contribution in [0.5, 0.6) is 0 Å². The van der Waals surface area contributed by atoms with Crippen LogP contribution in [0.15, 0.2) is 23.2 Å². The number of pyridine rings is 1. The second kappa shape index (κ2) is 4.84. The van der Waals surface area contributed by atoms with Crippen molar-refractivity contribution in [3.63, 3.8) is 0 Å². The number of carbonyl (C=O) groups excluding carboxylic acids is 1. The highest BCUT2D eigenvalue weighted by Crippen LogP contribution is 2.20. The van der Waals surface area contributed by atoms with Crippen LogP contribution in [0.3, 0.4) is 0 Å². The summed E-state index contributed by atoms with van der Waals surface area (Å²) in [6, 6.07) is 4.60. The third kappa shape index (κ3) is 2.25. The molecule has 2 heterocycles. The van der Waals surface area contributed by atoms with Crippen molar-refractivity contribution in [2.45, 2.75) is 17.7 Å². The van der Waals surface area contributed by atoms with Crippen LogP contribution in [-0.2, 0) is 14.8 Å². The second-order valence-corrected chi connectivity index (χ2v) is 5.81. The lowest BCUT2D eigenvalue weighted by Gasteiger charge is -2.25. The molecule has 6 nitrogen and oxygen atoms in total. The molecule has 0 amide bonds. The summed E-state index contributed by atoms with van der Waals surface area (Å²) in [4.78, 5) is 14.8. The van der Waals surface area contributed by atoms with Gasteiger partial charge in [0.15, 0.2) is 5.69 Å². The maximum absolute atomic E-state index is 12.3. The Hall–Kier alpha value is -1.78. The second-order valence-electron chi connectivity index (χ2n) is 3.90. The summed E-state index contributed by atoms with van der Waals surface area (Å²) >= 11 is 0. The van der Waals surface area contributed by atoms with E-state index in [0.717, 1.165) is 0 Å². The van der Waals surface area contributed by atoms with Gasteiger partial charge in [0.05, 0.1) is 0 Å². The molecule has 0 aliphatic carbocycles. The number of ketones is 1. The Kier molecular flexibility index (Phi) is 3.41. The molecular formula is C11H11N3O3S. The third-order valence-corrected chi connectivity index (χ3v) is 4.70. The molecule has 7 heteroatoms. The maximum Gasteiger partial charge on any atom is 0.245 e. The van der Waals surface area contributed by atoms with Crippen LogP contribution in [0.25, 0.3) is 0 Å². The molecule has 1 aromatic heterocycles. The summed E-state index contributed by atoms with van der Waals surface area (Å²) in [6.07, 6.45) is 1.82. The Bertz CT molecular complexity index is 609. The molecule has 0 saturated carbocycles. The Morgan fingerprint density at radius 2 is 2.00 bits per heavy atom. The topological polar surface area (TPSA) is 91.1 Å². The fourth-order valence-electron chi connectivity index (χ4n) is 1.80. The van der Waals surface area contributed by atoms with E-state index in [1.54, 1.807) is 6.07 Å². The number of piperidine rings is 1. The van der Waals surface area contributed by atoms with Gasteiger partial charge in [-0.2, -0.15) is 9.57 Å². The highest BCUT2D eigenvalue weighted by Gasteiger charge is 2.30. The van der Waals surface area contributed by atoms with Gasteiger partial charge in [-0.25, -0.2) is 13.4 Å². The van der Waals surface area contributed by atoms with Gasteiger partial charge >= 0.3 is 0 Å². The van der Waals surface area contributed by atoms with E-state index >= 15 is 0 Å². The van der Waals surface area contributed by atoms with Gasteiger partial charge in [0.2, 0.25) is 10.0 Å². The highest BCUT2D eigenvalue weighted by molar-refractivity contribution is 7.89. The van der Waals surface area contributed by atoms with E-state index in [1.165, 1.54) is 22.6 Å². The fraction of sp³-hybridized carbons (Fsp3) is 0.364. The molecule has 0 bridgehead atoms. The molecular weight excluding hydrogens is 254 g/mol. The summed E-state index contributed by atoms with van der Waals surface area (Å²) in [7, 11) is -3.73. The zero-order chi connectivity index (χ0) is 13.2. The monoisotopic (exact) mass is 265 g/mol. The van der Waals surface area contributed by atoms with E-state index in [-0.39, 0.29) is 42.3 Å². The molecule has 18 heavy (non-hydrogen) atoms. The lowest BCUT2D eigenvalue weighted by molar-refractivity contribution is -0.120. The molecule has 1 aliphatic rings. The molecule has 1 saturated heterocycles. The Morgan fingerprint density at radius 1 is 1.33 bits per heavy atom. The minimum absolute atomic E-state index is 0.0631. The molecule has 1 aliphatic heterocycles. The minimum atomic E-state index is -3.73. The first-order valence-electron chi connectivity index (χ1n) is 5.42. The van der Waals surface area contributed by atoms with Crippen molar-refractivity contribution >= 4 is 15.8 Å². The van der Waals surface area contributed by atoms with Crippen LogP contribution in [0.2, 0.25) is 0 Å². The summed E-state index contributed by atoms with van der Waals surface area (Å²) in [5.74, 6) is 0.0631. The third-order valence-electron chi connectivity index (χ3n) is 2.77. The minimum Gasteiger partial charge on any atom is -0.300 e. The van der Waals surface area contributed by atoms with Gasteiger partial charge in [-0.3, -0.25) is 4.79 Å². The van der Waals surface area contributed by atoms with Gasteiger partial charge in [-0.1, -0.05) is 0 Å². The number of nitrogens with zero attached hydrogens (tertiary/aromatic N) is 3. The quantitative estimate of drug-likeness (QED) is 0.767. The van der Waals surface area contributed by atoms with Crippen molar-refractivity contribution in [3.05, 3.63) is 24.0 Å². The molecule has 0 aromatic carbocycles. The number of aromatic nitrogens is 1. The highest BCUT2D eigenvalue weighted by atomic mass is 32.2. The number of sulfonamides is 1. The van der Waals surface area contributed by atoms with E-state index in [9.17, 15) is 13.2 Å². The fourth-order valence-corrected chi connectivity index (χ4v) is 3.33. The van der Waals surface area contributed by atoms with Gasteiger partial charge in [0, 0.05) is 32.1 Å². The van der Waals surface area contributed by atoms with E-state index in [1.807, 2.05) is 0 Å². The van der Waals surface area contributed by atoms with Crippen molar-refractivity contribution in [1.82, 2.24) is 9.29 Å². The SMILES string of the molecule is N#Cc1ncccc1S(=O)(=O)N1CCC(=O)CC1. The molecule has 0 unspecified atom stereocenters. The van der Waals surface area contributed by atoms with Gasteiger partial charge in [0.1, 0.15) is 16.7 Å². The standard InChI is InChI=1S/C11H11N3O3S/c12-8-10-11(2-1-5-13-10)18(16,17)14-6-3-9(15)4-7-14/h1-2,5H,3-4,6-7H2. The normalized spacial score (nSPS) is 17.4. The number of hydrogen-bond donors (Lipinski definition) is 0. The zero-order valence-corrected chi connectivity index (χ0v) is 10.4. The van der Waals surface area contributed by atoms with Crippen molar-refractivity contribution < 1.29 is 13.2 Å². The van der Waals surface area contributed by atoms with Gasteiger partial charge in [-0.05, 0) is 12.1 Å². The predicted molar refractivity (Wildman–Crippen MR) is 62.0 cm³/mol. The molecule has 0 radical (unpaired) electrons. The lowest BCUT2D eigenvalue weighted by Crippen LogP contribution is -2.38. The number of rotatable bonds is 2. The average Bonchev–Trinajstić information content (AvgIpc) is 2.39. The van der Waals surface area contributed by atoms with Crippen LogP contribution in [0.4, 0.5) is 0 Å². The molecule has 0 atom stereocenters. The van der Waals surface area contributed by atoms with Gasteiger partial charge in [-0.15, -0.1) is 0 Å². The summed E-state index contributed by atoms with van der Waals surface area (Å²) < 4.78 is 25.8. The van der Waals surface area contributed by atoms with Crippen LogP contribution >= 0.6 is 0 Å². The Morgan fingerprint density at radius 3 is 2.61 bits per heavy atom.